The molecule has 0 spiro atoms. The molecule has 0 amide bonds. The van der Waals surface area contributed by atoms with Gasteiger partial charge in [0.2, 0.25) is 0 Å². The maximum atomic E-state index is 9.16. The Morgan fingerprint density at radius 1 is 1.40 bits per heavy atom. The smallest absolute Gasteiger partial charge is 0.0714 e. The van der Waals surface area contributed by atoms with Crippen LogP contribution in [0.5, 0.6) is 0 Å². The summed E-state index contributed by atoms with van der Waals surface area (Å²) in [5, 5.41) is 9.16. The molecular formula is C8H18OSi. The van der Waals surface area contributed by atoms with Crippen LogP contribution in [0.1, 0.15) is 13.3 Å². The van der Waals surface area contributed by atoms with Crippen LogP contribution in [0.4, 0.5) is 0 Å². The van der Waals surface area contributed by atoms with Crippen molar-refractivity contribution in [3.8, 4) is 0 Å². The fourth-order valence-corrected chi connectivity index (χ4v) is 1.34. The van der Waals surface area contributed by atoms with E-state index >= 15 is 0 Å². The summed E-state index contributed by atoms with van der Waals surface area (Å²) in [7, 11) is -1.08. The van der Waals surface area contributed by atoms with Crippen molar-refractivity contribution in [2.75, 3.05) is 0 Å². The summed E-state index contributed by atoms with van der Waals surface area (Å²) in [5.74, 6) is 0. The zero-order valence-electron chi connectivity index (χ0n) is 7.39. The van der Waals surface area contributed by atoms with E-state index in [1.54, 1.807) is 0 Å². The van der Waals surface area contributed by atoms with Gasteiger partial charge in [0.05, 0.1) is 14.2 Å². The first kappa shape index (κ1) is 9.92. The lowest BCUT2D eigenvalue weighted by Gasteiger charge is -2.09. The highest BCUT2D eigenvalue weighted by molar-refractivity contribution is 6.80. The van der Waals surface area contributed by atoms with Crippen LogP contribution in [0.2, 0.25) is 19.6 Å². The Morgan fingerprint density at radius 3 is 2.20 bits per heavy atom. The monoisotopic (exact) mass is 158 g/mol. The third kappa shape index (κ3) is 6.04. The van der Waals surface area contributed by atoms with E-state index in [0.717, 1.165) is 6.42 Å². The minimum absolute atomic E-state index is 0.230. The fraction of sp³-hybridized carbons (Fsp3) is 0.750. The molecule has 0 aromatic heterocycles. The summed E-state index contributed by atoms with van der Waals surface area (Å²) in [4.78, 5) is 0. The molecule has 0 saturated carbocycles. The van der Waals surface area contributed by atoms with Gasteiger partial charge < -0.3 is 5.11 Å². The molecule has 0 unspecified atom stereocenters. The van der Waals surface area contributed by atoms with Gasteiger partial charge in [-0.25, -0.2) is 0 Å². The van der Waals surface area contributed by atoms with Gasteiger partial charge in [0.15, 0.2) is 0 Å². The quantitative estimate of drug-likeness (QED) is 0.624. The topological polar surface area (TPSA) is 20.2 Å². The fourth-order valence-electron chi connectivity index (χ4n) is 0.536. The van der Waals surface area contributed by atoms with Gasteiger partial charge in [-0.05, 0) is 6.42 Å². The molecule has 0 aromatic carbocycles. The summed E-state index contributed by atoms with van der Waals surface area (Å²) in [5.41, 5.74) is 2.18. The molecule has 0 aliphatic heterocycles. The maximum Gasteiger partial charge on any atom is 0.0714 e. The van der Waals surface area contributed by atoms with Gasteiger partial charge >= 0.3 is 0 Å². The third-order valence-electron chi connectivity index (χ3n) is 1.24. The second-order valence-electron chi connectivity index (χ2n) is 3.70. The predicted octanol–water partition coefficient (Wildman–Crippen LogP) is 2.19. The second-order valence-corrected chi connectivity index (χ2v) is 8.77. The molecule has 0 aromatic rings. The molecule has 0 saturated heterocycles. The molecule has 0 heterocycles. The van der Waals surface area contributed by atoms with E-state index in [1.807, 2.05) is 13.0 Å². The average molecular weight is 158 g/mol. The Morgan fingerprint density at radius 2 is 1.90 bits per heavy atom. The molecule has 2 heteroatoms. The zero-order valence-corrected chi connectivity index (χ0v) is 8.39. The number of rotatable bonds is 3. The average Bonchev–Trinajstić information content (AvgIpc) is 1.81. The van der Waals surface area contributed by atoms with Crippen LogP contribution in [0, 0.1) is 0 Å². The van der Waals surface area contributed by atoms with E-state index in [1.165, 1.54) is 0 Å². The summed E-state index contributed by atoms with van der Waals surface area (Å²) in [6.45, 7) is 8.75. The molecule has 0 aliphatic rings. The SMILES string of the molecule is CC[C@@H](O)/C=C/[Si](C)(C)C. The molecule has 0 radical (unpaired) electrons. The molecule has 1 N–H and O–H groups in total. The van der Waals surface area contributed by atoms with E-state index in [9.17, 15) is 0 Å². The molecule has 1 nitrogen and oxygen atoms in total. The van der Waals surface area contributed by atoms with Crippen molar-refractivity contribution >= 4 is 8.07 Å². The normalized spacial score (nSPS) is 16.1. The maximum absolute atomic E-state index is 9.16. The molecule has 0 rings (SSSR count). The lowest BCUT2D eigenvalue weighted by Crippen LogP contribution is -2.16. The van der Waals surface area contributed by atoms with E-state index in [-0.39, 0.29) is 6.10 Å². The molecule has 0 bridgehead atoms. The number of hydrogen-bond donors (Lipinski definition) is 1. The highest BCUT2D eigenvalue weighted by atomic mass is 28.3. The Labute approximate surface area is 64.8 Å². The summed E-state index contributed by atoms with van der Waals surface area (Å²) in [6.07, 6.45) is 2.51. The molecule has 10 heavy (non-hydrogen) atoms. The van der Waals surface area contributed by atoms with Gasteiger partial charge in [0.25, 0.3) is 0 Å². The van der Waals surface area contributed by atoms with Crippen molar-refractivity contribution in [3.05, 3.63) is 11.8 Å². The van der Waals surface area contributed by atoms with Crippen molar-refractivity contribution < 1.29 is 5.11 Å². The van der Waals surface area contributed by atoms with Crippen LogP contribution in [0.15, 0.2) is 11.8 Å². The van der Waals surface area contributed by atoms with Gasteiger partial charge in [0.1, 0.15) is 0 Å². The van der Waals surface area contributed by atoms with Gasteiger partial charge in [0, 0.05) is 0 Å². The third-order valence-corrected chi connectivity index (χ3v) is 2.43. The molecule has 0 aliphatic carbocycles. The standard InChI is InChI=1S/C8H18OSi/c1-5-8(9)6-7-10(2,3)4/h6-9H,5H2,1-4H3/b7-6+/t8-/m1/s1. The van der Waals surface area contributed by atoms with E-state index in [2.05, 4.69) is 25.3 Å². The summed E-state index contributed by atoms with van der Waals surface area (Å²) >= 11 is 0. The van der Waals surface area contributed by atoms with Crippen LogP contribution in [-0.4, -0.2) is 19.3 Å². The van der Waals surface area contributed by atoms with E-state index in [4.69, 9.17) is 5.11 Å². The molecular weight excluding hydrogens is 140 g/mol. The first-order valence-electron chi connectivity index (χ1n) is 3.83. The minimum Gasteiger partial charge on any atom is -0.389 e. The Kier molecular flexibility index (Phi) is 3.90. The van der Waals surface area contributed by atoms with Crippen molar-refractivity contribution in [1.82, 2.24) is 0 Å². The second kappa shape index (κ2) is 3.94. The molecule has 0 fully saturated rings. The van der Waals surface area contributed by atoms with Crippen molar-refractivity contribution in [2.24, 2.45) is 0 Å². The van der Waals surface area contributed by atoms with Gasteiger partial charge in [-0.3, -0.25) is 0 Å². The molecule has 60 valence electrons. The minimum atomic E-state index is -1.08. The van der Waals surface area contributed by atoms with Crippen LogP contribution < -0.4 is 0 Å². The van der Waals surface area contributed by atoms with Gasteiger partial charge in [-0.2, -0.15) is 0 Å². The van der Waals surface area contributed by atoms with Crippen molar-refractivity contribution in [2.45, 2.75) is 39.1 Å². The molecule has 1 atom stereocenters. The summed E-state index contributed by atoms with van der Waals surface area (Å²) < 4.78 is 0. The van der Waals surface area contributed by atoms with Gasteiger partial charge in [-0.15, -0.1) is 0 Å². The van der Waals surface area contributed by atoms with E-state index < -0.39 is 8.07 Å². The van der Waals surface area contributed by atoms with E-state index in [0.29, 0.717) is 0 Å². The zero-order chi connectivity index (χ0) is 8.20. The number of aliphatic hydroxyl groups is 1. The first-order chi connectivity index (χ1) is 4.45. The Balaban J connectivity index is 3.75. The van der Waals surface area contributed by atoms with Crippen LogP contribution >= 0.6 is 0 Å². The number of hydrogen-bond acceptors (Lipinski definition) is 1. The Bertz CT molecular complexity index is 113. The largest absolute Gasteiger partial charge is 0.389 e. The van der Waals surface area contributed by atoms with Crippen molar-refractivity contribution in [3.63, 3.8) is 0 Å². The number of aliphatic hydroxyl groups excluding tert-OH is 1. The summed E-state index contributed by atoms with van der Waals surface area (Å²) in [6, 6.07) is 0. The van der Waals surface area contributed by atoms with Crippen LogP contribution in [-0.2, 0) is 0 Å². The van der Waals surface area contributed by atoms with Gasteiger partial charge in [-0.1, -0.05) is 38.3 Å². The first-order valence-corrected chi connectivity index (χ1v) is 7.41. The lowest BCUT2D eigenvalue weighted by atomic mass is 10.3. The van der Waals surface area contributed by atoms with Crippen LogP contribution in [0.3, 0.4) is 0 Å². The lowest BCUT2D eigenvalue weighted by molar-refractivity contribution is 0.219. The highest BCUT2D eigenvalue weighted by Gasteiger charge is 2.07. The van der Waals surface area contributed by atoms with Crippen LogP contribution in [0.25, 0.3) is 0 Å². The Hall–Kier alpha value is -0.0831. The highest BCUT2D eigenvalue weighted by Crippen LogP contribution is 2.03. The van der Waals surface area contributed by atoms with Crippen molar-refractivity contribution in [1.29, 1.82) is 0 Å². The predicted molar refractivity (Wildman–Crippen MR) is 48.8 cm³/mol.